The molecule has 1 amide bonds. The monoisotopic (exact) mass is 252 g/mol. The number of methoxy groups -OCH3 is 1. The maximum absolute atomic E-state index is 13.6. The lowest BCUT2D eigenvalue weighted by Gasteiger charge is -2.21. The third-order valence-corrected chi connectivity index (χ3v) is 3.19. The van der Waals surface area contributed by atoms with Gasteiger partial charge in [-0.15, -0.1) is 0 Å². The summed E-state index contributed by atoms with van der Waals surface area (Å²) < 4.78 is 18.5. The van der Waals surface area contributed by atoms with E-state index in [4.69, 9.17) is 4.74 Å². The Labute approximate surface area is 106 Å². The van der Waals surface area contributed by atoms with Crippen LogP contribution in [0.3, 0.4) is 0 Å². The van der Waals surface area contributed by atoms with E-state index in [1.54, 1.807) is 18.0 Å². The van der Waals surface area contributed by atoms with Crippen LogP contribution in [0.15, 0.2) is 18.2 Å². The van der Waals surface area contributed by atoms with Crippen LogP contribution in [0, 0.1) is 5.82 Å². The first kappa shape index (κ1) is 12.8. The normalized spacial score (nSPS) is 20.7. The molecule has 1 atom stereocenters. The van der Waals surface area contributed by atoms with Crippen molar-refractivity contribution >= 4 is 5.91 Å². The minimum absolute atomic E-state index is 0.0399. The standard InChI is InChI=1S/C13H17FN2O2/c1-16-8-11(15-6-5-13(16)17)9-3-4-12(18-2)10(14)7-9/h3-4,7,11,15H,5-6,8H2,1-2H3. The van der Waals surface area contributed by atoms with E-state index in [1.807, 2.05) is 6.07 Å². The predicted molar refractivity (Wildman–Crippen MR) is 65.9 cm³/mol. The quantitative estimate of drug-likeness (QED) is 0.863. The number of likely N-dealkylation sites (N-methyl/N-ethyl adjacent to an activating group) is 1. The maximum Gasteiger partial charge on any atom is 0.223 e. The highest BCUT2D eigenvalue weighted by Crippen LogP contribution is 2.23. The van der Waals surface area contributed by atoms with Gasteiger partial charge in [-0.1, -0.05) is 6.07 Å². The highest BCUT2D eigenvalue weighted by atomic mass is 19.1. The zero-order valence-corrected chi connectivity index (χ0v) is 10.6. The molecule has 0 aromatic heterocycles. The van der Waals surface area contributed by atoms with E-state index in [0.717, 1.165) is 5.56 Å². The van der Waals surface area contributed by atoms with Crippen molar-refractivity contribution in [2.24, 2.45) is 0 Å². The predicted octanol–water partition coefficient (Wildman–Crippen LogP) is 1.33. The molecule has 1 aliphatic rings. The van der Waals surface area contributed by atoms with E-state index in [1.165, 1.54) is 13.2 Å². The Hall–Kier alpha value is -1.62. The molecule has 1 aromatic rings. The number of nitrogens with one attached hydrogen (secondary N) is 1. The van der Waals surface area contributed by atoms with Crippen LogP contribution in [0.2, 0.25) is 0 Å². The van der Waals surface area contributed by atoms with E-state index < -0.39 is 0 Å². The Morgan fingerprint density at radius 1 is 1.50 bits per heavy atom. The average Bonchev–Trinajstić information content (AvgIpc) is 2.52. The van der Waals surface area contributed by atoms with Gasteiger partial charge in [0.05, 0.1) is 7.11 Å². The number of nitrogens with zero attached hydrogens (tertiary/aromatic N) is 1. The third kappa shape index (κ3) is 2.61. The number of hydrogen-bond acceptors (Lipinski definition) is 3. The van der Waals surface area contributed by atoms with Gasteiger partial charge in [0.1, 0.15) is 0 Å². The molecule has 0 saturated carbocycles. The van der Waals surface area contributed by atoms with Crippen molar-refractivity contribution in [3.8, 4) is 5.75 Å². The van der Waals surface area contributed by atoms with Crippen LogP contribution in [-0.4, -0.2) is 38.1 Å². The van der Waals surface area contributed by atoms with E-state index >= 15 is 0 Å². The molecule has 1 heterocycles. The van der Waals surface area contributed by atoms with Gasteiger partial charge in [-0.2, -0.15) is 0 Å². The van der Waals surface area contributed by atoms with Crippen molar-refractivity contribution < 1.29 is 13.9 Å². The summed E-state index contributed by atoms with van der Waals surface area (Å²) in [5.74, 6) is -0.0363. The van der Waals surface area contributed by atoms with Gasteiger partial charge >= 0.3 is 0 Å². The fourth-order valence-corrected chi connectivity index (χ4v) is 2.11. The summed E-state index contributed by atoms with van der Waals surface area (Å²) in [6, 6.07) is 4.85. The molecule has 5 heteroatoms. The SMILES string of the molecule is COc1ccc(C2CN(C)C(=O)CCN2)cc1F. The van der Waals surface area contributed by atoms with Gasteiger partial charge in [-0.25, -0.2) is 4.39 Å². The van der Waals surface area contributed by atoms with Crippen LogP contribution in [-0.2, 0) is 4.79 Å². The summed E-state index contributed by atoms with van der Waals surface area (Å²) >= 11 is 0. The topological polar surface area (TPSA) is 41.6 Å². The Kier molecular flexibility index (Phi) is 3.81. The van der Waals surface area contributed by atoms with Gasteiger partial charge in [0.25, 0.3) is 0 Å². The highest BCUT2D eigenvalue weighted by Gasteiger charge is 2.21. The number of halogens is 1. The van der Waals surface area contributed by atoms with Crippen molar-refractivity contribution in [2.45, 2.75) is 12.5 Å². The van der Waals surface area contributed by atoms with Crippen molar-refractivity contribution in [1.29, 1.82) is 0 Å². The molecule has 0 spiro atoms. The van der Waals surface area contributed by atoms with E-state index in [9.17, 15) is 9.18 Å². The van der Waals surface area contributed by atoms with Crippen molar-refractivity contribution in [3.63, 3.8) is 0 Å². The minimum Gasteiger partial charge on any atom is -0.494 e. The van der Waals surface area contributed by atoms with E-state index in [2.05, 4.69) is 5.32 Å². The minimum atomic E-state index is -0.380. The second kappa shape index (κ2) is 5.35. The molecule has 0 bridgehead atoms. The zero-order valence-electron chi connectivity index (χ0n) is 10.6. The molecule has 1 aliphatic heterocycles. The molecule has 0 radical (unpaired) electrons. The van der Waals surface area contributed by atoms with Gasteiger partial charge in [0.15, 0.2) is 11.6 Å². The smallest absolute Gasteiger partial charge is 0.223 e. The van der Waals surface area contributed by atoms with Crippen molar-refractivity contribution in [3.05, 3.63) is 29.6 Å². The lowest BCUT2D eigenvalue weighted by molar-refractivity contribution is -0.129. The molecular weight excluding hydrogens is 235 g/mol. The molecule has 2 rings (SSSR count). The fraction of sp³-hybridized carbons (Fsp3) is 0.462. The number of carbonyl (C=O) groups is 1. The molecule has 98 valence electrons. The van der Waals surface area contributed by atoms with Gasteiger partial charge in [-0.05, 0) is 17.7 Å². The van der Waals surface area contributed by atoms with Gasteiger partial charge in [-0.3, -0.25) is 4.79 Å². The average molecular weight is 252 g/mol. The van der Waals surface area contributed by atoms with Crippen molar-refractivity contribution in [1.82, 2.24) is 10.2 Å². The van der Waals surface area contributed by atoms with Gasteiger partial charge in [0.2, 0.25) is 5.91 Å². The Morgan fingerprint density at radius 3 is 2.94 bits per heavy atom. The molecule has 1 unspecified atom stereocenters. The third-order valence-electron chi connectivity index (χ3n) is 3.19. The summed E-state index contributed by atoms with van der Waals surface area (Å²) in [6.07, 6.45) is 0.478. The lowest BCUT2D eigenvalue weighted by Crippen LogP contribution is -2.31. The van der Waals surface area contributed by atoms with E-state index in [-0.39, 0.29) is 23.5 Å². The summed E-state index contributed by atoms with van der Waals surface area (Å²) in [4.78, 5) is 13.2. The Morgan fingerprint density at radius 2 is 2.28 bits per heavy atom. The van der Waals surface area contributed by atoms with Crippen LogP contribution in [0.25, 0.3) is 0 Å². The number of hydrogen-bond donors (Lipinski definition) is 1. The first-order valence-electron chi connectivity index (χ1n) is 5.92. The summed E-state index contributed by atoms with van der Waals surface area (Å²) in [7, 11) is 3.21. The largest absolute Gasteiger partial charge is 0.494 e. The first-order chi connectivity index (χ1) is 8.61. The second-order valence-corrected chi connectivity index (χ2v) is 4.42. The molecule has 1 aromatic carbocycles. The molecule has 0 aliphatic carbocycles. The summed E-state index contributed by atoms with van der Waals surface area (Å²) in [5.41, 5.74) is 0.829. The zero-order chi connectivity index (χ0) is 13.1. The van der Waals surface area contributed by atoms with Crippen LogP contribution >= 0.6 is 0 Å². The van der Waals surface area contributed by atoms with Crippen LogP contribution in [0.1, 0.15) is 18.0 Å². The number of carbonyl (C=O) groups excluding carboxylic acids is 1. The van der Waals surface area contributed by atoms with Crippen molar-refractivity contribution in [2.75, 3.05) is 27.2 Å². The number of benzene rings is 1. The summed E-state index contributed by atoms with van der Waals surface area (Å²) in [6.45, 7) is 1.16. The van der Waals surface area contributed by atoms with Crippen LogP contribution in [0.4, 0.5) is 4.39 Å². The lowest BCUT2D eigenvalue weighted by atomic mass is 10.1. The number of rotatable bonds is 2. The van der Waals surface area contributed by atoms with E-state index in [0.29, 0.717) is 19.5 Å². The van der Waals surface area contributed by atoms with Gasteiger partial charge in [0, 0.05) is 32.6 Å². The molecule has 1 saturated heterocycles. The molecule has 18 heavy (non-hydrogen) atoms. The highest BCUT2D eigenvalue weighted by molar-refractivity contribution is 5.76. The molecule has 1 fully saturated rings. The number of ether oxygens (including phenoxy) is 1. The fourth-order valence-electron chi connectivity index (χ4n) is 2.11. The molecule has 4 nitrogen and oxygen atoms in total. The molecular formula is C13H17FN2O2. The van der Waals surface area contributed by atoms with Crippen LogP contribution in [0.5, 0.6) is 5.75 Å². The Bertz CT molecular complexity index is 451. The number of amides is 1. The Balaban J connectivity index is 2.20. The second-order valence-electron chi connectivity index (χ2n) is 4.42. The molecule has 1 N–H and O–H groups in total. The van der Waals surface area contributed by atoms with Gasteiger partial charge < -0.3 is 15.0 Å². The summed E-state index contributed by atoms with van der Waals surface area (Å²) in [5, 5.41) is 3.25. The maximum atomic E-state index is 13.6. The van der Waals surface area contributed by atoms with Crippen LogP contribution < -0.4 is 10.1 Å². The first-order valence-corrected chi connectivity index (χ1v) is 5.92.